The second kappa shape index (κ2) is 4.54. The Labute approximate surface area is 97.6 Å². The minimum absolute atomic E-state index is 0.0199. The maximum absolute atomic E-state index is 12.2. The summed E-state index contributed by atoms with van der Waals surface area (Å²) in [6.45, 7) is 1.24. The molecule has 0 radical (unpaired) electrons. The molecule has 0 aromatic carbocycles. The molecule has 0 fully saturated rings. The number of nitrogens with zero attached hydrogens (tertiary/aromatic N) is 1. The summed E-state index contributed by atoms with van der Waals surface area (Å²) in [5.74, 6) is -0.760. The van der Waals surface area contributed by atoms with Crippen molar-refractivity contribution in [2.75, 3.05) is 5.73 Å². The molecule has 0 bridgehead atoms. The van der Waals surface area contributed by atoms with Crippen LogP contribution >= 0.6 is 0 Å². The average molecular weight is 274 g/mol. The third-order valence-electron chi connectivity index (χ3n) is 1.88. The zero-order valence-electron chi connectivity index (χ0n) is 8.93. The van der Waals surface area contributed by atoms with Gasteiger partial charge in [-0.05, 0) is 13.0 Å². The van der Waals surface area contributed by atoms with E-state index in [1.54, 1.807) is 0 Å². The Kier molecular flexibility index (Phi) is 3.63. The fourth-order valence-corrected chi connectivity index (χ4v) is 1.14. The van der Waals surface area contributed by atoms with Gasteiger partial charge in [0.25, 0.3) is 6.10 Å². The molecule has 0 amide bonds. The third-order valence-corrected chi connectivity index (χ3v) is 1.88. The number of pyridine rings is 1. The van der Waals surface area contributed by atoms with Gasteiger partial charge < -0.3 is 10.5 Å². The first-order valence-electron chi connectivity index (χ1n) is 4.54. The number of nitrogens with two attached hydrogens (primary N) is 1. The molecule has 0 saturated heterocycles. The Hall–Kier alpha value is -1.67. The minimum Gasteiger partial charge on any atom is -0.455 e. The number of alkyl halides is 6. The molecule has 1 heterocycles. The van der Waals surface area contributed by atoms with Crippen LogP contribution in [-0.4, -0.2) is 23.4 Å². The summed E-state index contributed by atoms with van der Waals surface area (Å²) in [7, 11) is 0. The van der Waals surface area contributed by atoms with Crippen molar-refractivity contribution >= 4 is 5.69 Å². The molecule has 0 aliphatic heterocycles. The van der Waals surface area contributed by atoms with Crippen LogP contribution < -0.4 is 10.5 Å². The van der Waals surface area contributed by atoms with Gasteiger partial charge in [-0.3, -0.25) is 0 Å². The number of aromatic nitrogens is 1. The van der Waals surface area contributed by atoms with E-state index in [1.165, 1.54) is 6.92 Å². The van der Waals surface area contributed by atoms with Crippen molar-refractivity contribution < 1.29 is 31.1 Å². The molecule has 1 rings (SSSR count). The Bertz CT molecular complexity index is 414. The molecule has 0 unspecified atom stereocenters. The first kappa shape index (κ1) is 14.4. The van der Waals surface area contributed by atoms with Crippen LogP contribution in [0.2, 0.25) is 0 Å². The predicted molar refractivity (Wildman–Crippen MR) is 49.9 cm³/mol. The smallest absolute Gasteiger partial charge is 0.434 e. The molecule has 18 heavy (non-hydrogen) atoms. The number of anilines is 1. The van der Waals surface area contributed by atoms with Crippen LogP contribution in [0.5, 0.6) is 5.88 Å². The van der Waals surface area contributed by atoms with E-state index in [9.17, 15) is 26.3 Å². The van der Waals surface area contributed by atoms with Gasteiger partial charge in [0.05, 0.1) is 11.9 Å². The standard InChI is InChI=1S/C9H8F6N2O/c1-4-2-5(16)3-17-6(4)18-7(8(10,11)12)9(13,14)15/h2-3,7H,16H2,1H3. The molecule has 1 aromatic rings. The topological polar surface area (TPSA) is 48.1 Å². The van der Waals surface area contributed by atoms with Gasteiger partial charge in [-0.2, -0.15) is 26.3 Å². The van der Waals surface area contributed by atoms with Crippen LogP contribution in [0, 0.1) is 6.92 Å². The lowest BCUT2D eigenvalue weighted by atomic mass is 10.2. The van der Waals surface area contributed by atoms with Crippen molar-refractivity contribution in [3.05, 3.63) is 17.8 Å². The van der Waals surface area contributed by atoms with E-state index < -0.39 is 24.3 Å². The quantitative estimate of drug-likeness (QED) is 0.843. The molecule has 0 spiro atoms. The Morgan fingerprint density at radius 1 is 1.17 bits per heavy atom. The maximum atomic E-state index is 12.2. The van der Waals surface area contributed by atoms with Crippen molar-refractivity contribution in [1.29, 1.82) is 0 Å². The second-order valence-electron chi connectivity index (χ2n) is 3.47. The Morgan fingerprint density at radius 2 is 1.67 bits per heavy atom. The number of hydrogen-bond donors (Lipinski definition) is 1. The largest absolute Gasteiger partial charge is 0.455 e. The summed E-state index contributed by atoms with van der Waals surface area (Å²) < 4.78 is 77.2. The number of aryl methyl sites for hydroxylation is 1. The monoisotopic (exact) mass is 274 g/mol. The van der Waals surface area contributed by atoms with Crippen molar-refractivity contribution in [3.63, 3.8) is 0 Å². The summed E-state index contributed by atoms with van der Waals surface area (Å²) in [5.41, 5.74) is 5.35. The van der Waals surface area contributed by atoms with E-state index in [4.69, 9.17) is 5.73 Å². The van der Waals surface area contributed by atoms with Crippen molar-refractivity contribution in [3.8, 4) is 5.88 Å². The van der Waals surface area contributed by atoms with Crippen LogP contribution in [0.25, 0.3) is 0 Å². The number of rotatable bonds is 2. The van der Waals surface area contributed by atoms with Crippen molar-refractivity contribution in [2.45, 2.75) is 25.4 Å². The molecule has 3 nitrogen and oxygen atoms in total. The Morgan fingerprint density at radius 3 is 2.06 bits per heavy atom. The van der Waals surface area contributed by atoms with Gasteiger partial charge >= 0.3 is 12.4 Å². The first-order valence-corrected chi connectivity index (χ1v) is 4.54. The van der Waals surface area contributed by atoms with Crippen LogP contribution in [0.1, 0.15) is 5.56 Å². The zero-order valence-corrected chi connectivity index (χ0v) is 8.93. The summed E-state index contributed by atoms with van der Waals surface area (Å²) in [5, 5.41) is 0. The highest BCUT2D eigenvalue weighted by molar-refractivity contribution is 5.41. The zero-order chi connectivity index (χ0) is 14.1. The summed E-state index contributed by atoms with van der Waals surface area (Å²) in [6.07, 6.45) is -14.2. The highest BCUT2D eigenvalue weighted by Crippen LogP contribution is 2.36. The van der Waals surface area contributed by atoms with Crippen molar-refractivity contribution in [1.82, 2.24) is 4.98 Å². The molecule has 0 aliphatic rings. The van der Waals surface area contributed by atoms with Gasteiger partial charge in [0, 0.05) is 5.56 Å². The van der Waals surface area contributed by atoms with Crippen LogP contribution in [0.3, 0.4) is 0 Å². The van der Waals surface area contributed by atoms with E-state index in [2.05, 4.69) is 9.72 Å². The van der Waals surface area contributed by atoms with E-state index >= 15 is 0 Å². The number of hydrogen-bond acceptors (Lipinski definition) is 3. The van der Waals surface area contributed by atoms with E-state index in [0.717, 1.165) is 12.3 Å². The van der Waals surface area contributed by atoms with Gasteiger partial charge in [0.15, 0.2) is 0 Å². The van der Waals surface area contributed by atoms with Crippen molar-refractivity contribution in [2.24, 2.45) is 0 Å². The highest BCUT2D eigenvalue weighted by atomic mass is 19.4. The van der Waals surface area contributed by atoms with E-state index in [0.29, 0.717) is 0 Å². The van der Waals surface area contributed by atoms with E-state index in [-0.39, 0.29) is 11.3 Å². The molecule has 102 valence electrons. The molecular formula is C9H8F6N2O. The highest BCUT2D eigenvalue weighted by Gasteiger charge is 2.59. The number of halogens is 6. The number of nitrogen functional groups attached to an aromatic ring is 1. The lowest BCUT2D eigenvalue weighted by Crippen LogP contribution is -2.46. The molecule has 1 aromatic heterocycles. The molecular weight excluding hydrogens is 266 g/mol. The lowest BCUT2D eigenvalue weighted by molar-refractivity contribution is -0.300. The van der Waals surface area contributed by atoms with Gasteiger partial charge in [-0.15, -0.1) is 0 Å². The Balaban J connectivity index is 3.05. The van der Waals surface area contributed by atoms with Crippen LogP contribution in [-0.2, 0) is 0 Å². The number of ether oxygens (including phenoxy) is 1. The fraction of sp³-hybridized carbons (Fsp3) is 0.444. The molecule has 2 N–H and O–H groups in total. The van der Waals surface area contributed by atoms with Gasteiger partial charge in [0.2, 0.25) is 5.88 Å². The first-order chi connectivity index (χ1) is 8.01. The maximum Gasteiger partial charge on any atom is 0.434 e. The van der Waals surface area contributed by atoms with Gasteiger partial charge in [-0.25, -0.2) is 4.98 Å². The normalized spacial score (nSPS) is 12.9. The molecule has 0 atom stereocenters. The summed E-state index contributed by atoms with van der Waals surface area (Å²) >= 11 is 0. The molecule has 0 saturated carbocycles. The minimum atomic E-state index is -5.58. The fourth-order valence-electron chi connectivity index (χ4n) is 1.14. The van der Waals surface area contributed by atoms with Gasteiger partial charge in [0.1, 0.15) is 0 Å². The molecule has 9 heteroatoms. The van der Waals surface area contributed by atoms with Gasteiger partial charge in [-0.1, -0.05) is 0 Å². The summed E-state index contributed by atoms with van der Waals surface area (Å²) in [4.78, 5) is 3.30. The predicted octanol–water partition coefficient (Wildman–Crippen LogP) is 2.84. The molecule has 0 aliphatic carbocycles. The summed E-state index contributed by atoms with van der Waals surface area (Å²) in [6, 6.07) is 1.16. The SMILES string of the molecule is Cc1cc(N)cnc1OC(C(F)(F)F)C(F)(F)F. The van der Waals surface area contributed by atoms with Crippen LogP contribution in [0.15, 0.2) is 12.3 Å². The lowest BCUT2D eigenvalue weighted by Gasteiger charge is -2.23. The average Bonchev–Trinajstić information content (AvgIpc) is 2.12. The third kappa shape index (κ3) is 3.41. The van der Waals surface area contributed by atoms with Crippen LogP contribution in [0.4, 0.5) is 32.0 Å². The second-order valence-corrected chi connectivity index (χ2v) is 3.47. The van der Waals surface area contributed by atoms with E-state index in [1.807, 2.05) is 0 Å².